The van der Waals surface area contributed by atoms with Crippen LogP contribution in [0.3, 0.4) is 0 Å². The highest BCUT2D eigenvalue weighted by Gasteiger charge is 2.75. The average molecular weight is 843 g/mol. The summed E-state index contributed by atoms with van der Waals surface area (Å²) in [6, 6.07) is 1.83. The predicted octanol–water partition coefficient (Wildman–Crippen LogP) is -6.11. The second-order valence-corrected chi connectivity index (χ2v) is 11.9. The van der Waals surface area contributed by atoms with E-state index in [4.69, 9.17) is 49.4 Å². The Labute approximate surface area is 321 Å². The summed E-state index contributed by atoms with van der Waals surface area (Å²) >= 11 is 0. The number of nitrogens with one attached hydrogen (secondary N) is 2. The van der Waals surface area contributed by atoms with Crippen LogP contribution >= 0.6 is 0 Å². The van der Waals surface area contributed by atoms with E-state index in [2.05, 4.69) is 0 Å². The van der Waals surface area contributed by atoms with Crippen molar-refractivity contribution in [3.05, 3.63) is 66.2 Å². The van der Waals surface area contributed by atoms with E-state index in [9.17, 15) is 69.3 Å². The molecule has 2 aliphatic rings. The lowest BCUT2D eigenvalue weighted by molar-refractivity contribution is -0.225. The van der Waals surface area contributed by atoms with E-state index in [1.165, 1.54) is 0 Å². The number of aromatic nitrogens is 4. The van der Waals surface area contributed by atoms with Gasteiger partial charge in [-0.25, -0.2) is 9.59 Å². The SMILES string of the molecule is CC(=O)O.CC(=O)O.CC(=O)O.O=C(O)C[C@@]1(O)[C@@](O)(CC(=O)O)[C@@H](CO)O[C@@]1(CC(=O)O)n1ccc(=O)[nH]c1=O.O=c1ccn([C@@H]2O[C@H](CO)[C@@H](O)[C@H]2O)c(=O)[nH]1. The van der Waals surface area contributed by atoms with Gasteiger partial charge >= 0.3 is 29.3 Å². The zero-order valence-corrected chi connectivity index (χ0v) is 30.4. The third kappa shape index (κ3) is 13.5. The number of nitrogens with zero attached hydrogens (tertiary/aromatic N) is 2. The number of carboxylic acid groups (broad SMARTS) is 6. The zero-order valence-electron chi connectivity index (χ0n) is 30.4. The van der Waals surface area contributed by atoms with Gasteiger partial charge in [-0.3, -0.25) is 57.5 Å². The Morgan fingerprint density at radius 2 is 1.10 bits per heavy atom. The number of carbonyl (C=O) groups is 6. The first-order chi connectivity index (χ1) is 26.6. The molecule has 14 N–H and O–H groups in total. The normalized spacial score (nSPS) is 26.7. The zero-order chi connectivity index (χ0) is 45.5. The Kier molecular flexibility index (Phi) is 19.6. The summed E-state index contributed by atoms with van der Waals surface area (Å²) in [7, 11) is 0. The van der Waals surface area contributed by atoms with E-state index in [-0.39, 0.29) is 0 Å². The molecule has 0 aromatic carbocycles. The number of H-pyrrole nitrogens is 2. The monoisotopic (exact) mass is 842 g/mol. The number of aliphatic hydroxyl groups is 6. The van der Waals surface area contributed by atoms with Crippen molar-refractivity contribution in [3.8, 4) is 0 Å². The number of rotatable bonds is 10. The fourth-order valence-corrected chi connectivity index (χ4v) is 5.40. The Morgan fingerprint density at radius 1 is 0.672 bits per heavy atom. The van der Waals surface area contributed by atoms with Gasteiger partial charge in [0.2, 0.25) is 0 Å². The quantitative estimate of drug-likeness (QED) is 0.106. The maximum Gasteiger partial charge on any atom is 0.330 e. The third-order valence-electron chi connectivity index (χ3n) is 7.47. The summed E-state index contributed by atoms with van der Waals surface area (Å²) in [4.78, 5) is 111. The highest BCUT2D eigenvalue weighted by molar-refractivity contribution is 5.73. The largest absolute Gasteiger partial charge is 0.481 e. The summed E-state index contributed by atoms with van der Waals surface area (Å²) in [5, 5.41) is 110. The lowest BCUT2D eigenvalue weighted by Crippen LogP contribution is -2.67. The van der Waals surface area contributed by atoms with Crippen LogP contribution < -0.4 is 22.5 Å². The second-order valence-electron chi connectivity index (χ2n) is 11.9. The molecule has 0 amide bonds. The molecular formula is C30H42N4O24. The van der Waals surface area contributed by atoms with Gasteiger partial charge in [0, 0.05) is 45.3 Å². The van der Waals surface area contributed by atoms with Crippen LogP contribution in [0.2, 0.25) is 0 Å². The number of aliphatic carboxylic acids is 6. The number of aliphatic hydroxyl groups excluding tert-OH is 4. The number of carboxylic acids is 6. The van der Waals surface area contributed by atoms with Crippen LogP contribution in [-0.2, 0) is 44.0 Å². The fourth-order valence-electron chi connectivity index (χ4n) is 5.40. The third-order valence-corrected chi connectivity index (χ3v) is 7.47. The summed E-state index contributed by atoms with van der Waals surface area (Å²) in [5.74, 6) is -7.77. The lowest BCUT2D eigenvalue weighted by atomic mass is 9.70. The maximum atomic E-state index is 12.3. The van der Waals surface area contributed by atoms with Crippen molar-refractivity contribution in [3.63, 3.8) is 0 Å². The molecule has 8 atom stereocenters. The van der Waals surface area contributed by atoms with Crippen LogP contribution in [0.15, 0.2) is 43.7 Å². The van der Waals surface area contributed by atoms with E-state index in [1.54, 1.807) is 4.98 Å². The van der Waals surface area contributed by atoms with E-state index in [0.717, 1.165) is 43.7 Å². The summed E-state index contributed by atoms with van der Waals surface area (Å²) < 4.78 is 11.8. The Morgan fingerprint density at radius 3 is 1.47 bits per heavy atom. The van der Waals surface area contributed by atoms with Gasteiger partial charge in [0.25, 0.3) is 29.0 Å². The molecule has 326 valence electrons. The van der Waals surface area contributed by atoms with E-state index >= 15 is 0 Å². The molecule has 28 nitrogen and oxygen atoms in total. The lowest BCUT2D eigenvalue weighted by Gasteiger charge is -2.45. The van der Waals surface area contributed by atoms with Crippen LogP contribution in [0, 0.1) is 0 Å². The molecule has 4 rings (SSSR count). The first-order valence-corrected chi connectivity index (χ1v) is 15.8. The Balaban J connectivity index is 0.000000935. The summed E-state index contributed by atoms with van der Waals surface area (Å²) in [6.45, 7) is 1.61. The minimum Gasteiger partial charge on any atom is -0.481 e. The molecule has 2 aromatic rings. The highest BCUT2D eigenvalue weighted by atomic mass is 16.6. The van der Waals surface area contributed by atoms with Crippen LogP contribution in [0.4, 0.5) is 0 Å². The molecule has 0 saturated carbocycles. The minimum atomic E-state index is -3.24. The standard InChI is InChI=1S/C15H18N2O12.C9H12N2O6.3C2H4O2/c18-6-7-13(27,3-9(20)21)14(28,4-10(22)23)15(29-7,5-11(24)25)17-2-1-8(19)16-12(17)26;12-3-4-6(14)7(15)8(17-4)11-2-1-5(13)10-9(11)16;3*1-2(3)4/h1-2,7,18,27-28H,3-6H2,(H,20,21)(H,22,23)(H,24,25)(H,16,19,26);1-2,4,6-8,12,14-15H,3H2,(H,10,13,16);3*1H3,(H,3,4)/t7-,13-,14-,15-;4-,6-,7-,8-;;;/m11.../s1. The van der Waals surface area contributed by atoms with E-state index in [1.807, 2.05) is 4.98 Å². The predicted molar refractivity (Wildman–Crippen MR) is 182 cm³/mol. The van der Waals surface area contributed by atoms with Crippen LogP contribution in [0.25, 0.3) is 0 Å². The molecule has 0 spiro atoms. The van der Waals surface area contributed by atoms with E-state index < -0.39 is 138 Å². The Hall–Kier alpha value is -6.14. The van der Waals surface area contributed by atoms with Crippen LogP contribution in [0.5, 0.6) is 0 Å². The Bertz CT molecular complexity index is 1970. The minimum absolute atomic E-state index is 0.341. The van der Waals surface area contributed by atoms with Crippen molar-refractivity contribution < 1.29 is 99.5 Å². The molecule has 4 heterocycles. The van der Waals surface area contributed by atoms with Crippen LogP contribution in [-0.4, -0.2) is 165 Å². The van der Waals surface area contributed by atoms with Gasteiger partial charge < -0.3 is 70.8 Å². The molecule has 2 aromatic heterocycles. The van der Waals surface area contributed by atoms with Crippen molar-refractivity contribution in [1.82, 2.24) is 19.1 Å². The number of hydrogen-bond donors (Lipinski definition) is 14. The van der Waals surface area contributed by atoms with E-state index in [0.29, 0.717) is 10.8 Å². The summed E-state index contributed by atoms with van der Waals surface area (Å²) in [6.07, 6.45) is -9.05. The second kappa shape index (κ2) is 22.0. The van der Waals surface area contributed by atoms with Gasteiger partial charge in [0.05, 0.1) is 32.5 Å². The maximum absolute atomic E-state index is 12.3. The fraction of sp³-hybridized carbons (Fsp3) is 0.533. The van der Waals surface area contributed by atoms with Gasteiger partial charge in [-0.05, 0) is 0 Å². The average Bonchev–Trinajstić information content (AvgIpc) is 3.42. The molecule has 2 aliphatic heterocycles. The first-order valence-electron chi connectivity index (χ1n) is 15.8. The van der Waals surface area contributed by atoms with Crippen molar-refractivity contribution in [2.45, 2.75) is 87.6 Å². The molecule has 2 fully saturated rings. The van der Waals surface area contributed by atoms with Gasteiger partial charge in [0.15, 0.2) is 17.6 Å². The van der Waals surface area contributed by atoms with Gasteiger partial charge in [-0.15, -0.1) is 0 Å². The number of ether oxygens (including phenoxy) is 2. The molecule has 0 unspecified atom stereocenters. The van der Waals surface area contributed by atoms with Crippen molar-refractivity contribution in [2.75, 3.05) is 13.2 Å². The molecular weight excluding hydrogens is 800 g/mol. The molecule has 58 heavy (non-hydrogen) atoms. The number of aromatic amines is 2. The van der Waals surface area contributed by atoms with Gasteiger partial charge in [0.1, 0.15) is 30.0 Å². The first kappa shape index (κ1) is 51.9. The number of hydrogen-bond acceptors (Lipinski definition) is 18. The topological polar surface area (TPSA) is 473 Å². The van der Waals surface area contributed by atoms with Crippen molar-refractivity contribution in [1.29, 1.82) is 0 Å². The smallest absolute Gasteiger partial charge is 0.330 e. The van der Waals surface area contributed by atoms with Gasteiger partial charge in [-0.1, -0.05) is 0 Å². The van der Waals surface area contributed by atoms with Gasteiger partial charge in [-0.2, -0.15) is 0 Å². The van der Waals surface area contributed by atoms with Crippen LogP contribution in [0.1, 0.15) is 46.3 Å². The van der Waals surface area contributed by atoms with Crippen molar-refractivity contribution >= 4 is 35.8 Å². The highest BCUT2D eigenvalue weighted by Crippen LogP contribution is 2.54. The molecule has 0 bridgehead atoms. The van der Waals surface area contributed by atoms with Crippen molar-refractivity contribution in [2.24, 2.45) is 0 Å². The molecule has 28 heteroatoms. The molecule has 0 radical (unpaired) electrons. The summed E-state index contributed by atoms with van der Waals surface area (Å²) in [5.41, 5.74) is -12.7. The molecule has 0 aliphatic carbocycles. The molecule has 2 saturated heterocycles.